The van der Waals surface area contributed by atoms with Gasteiger partial charge in [-0.2, -0.15) is 0 Å². The predicted molar refractivity (Wildman–Crippen MR) is 75.0 cm³/mol. The van der Waals surface area contributed by atoms with Crippen molar-refractivity contribution in [3.8, 4) is 11.8 Å². The lowest BCUT2D eigenvalue weighted by atomic mass is 9.76. The van der Waals surface area contributed by atoms with Crippen molar-refractivity contribution in [2.24, 2.45) is 0 Å². The van der Waals surface area contributed by atoms with E-state index in [0.717, 1.165) is 12.8 Å². The molecule has 1 heteroatoms. The zero-order chi connectivity index (χ0) is 12.7. The molecule has 1 unspecified atom stereocenters. The molecule has 1 aromatic carbocycles. The number of hydrogen-bond acceptors (Lipinski definition) is 1. The largest absolute Gasteiger partial charge is 0.316 e. The van der Waals surface area contributed by atoms with E-state index < -0.39 is 0 Å². The Morgan fingerprint density at radius 2 is 1.88 bits per heavy atom. The number of rotatable bonds is 5. The van der Waals surface area contributed by atoms with Crippen LogP contribution in [0.15, 0.2) is 30.3 Å². The van der Waals surface area contributed by atoms with Gasteiger partial charge in [-0.05, 0) is 26.0 Å². The highest BCUT2D eigenvalue weighted by Gasteiger charge is 2.29. The van der Waals surface area contributed by atoms with Crippen LogP contribution in [0.25, 0.3) is 0 Å². The maximum absolute atomic E-state index is 3.43. The van der Waals surface area contributed by atoms with E-state index in [1.165, 1.54) is 5.56 Å². The van der Waals surface area contributed by atoms with Gasteiger partial charge in [0.15, 0.2) is 0 Å². The summed E-state index contributed by atoms with van der Waals surface area (Å²) in [5, 5.41) is 3.43. The Bertz CT molecular complexity index is 381. The van der Waals surface area contributed by atoms with Crippen LogP contribution in [-0.4, -0.2) is 13.1 Å². The summed E-state index contributed by atoms with van der Waals surface area (Å²) >= 11 is 0. The maximum Gasteiger partial charge on any atom is 0.0165 e. The third-order valence-electron chi connectivity index (χ3n) is 3.47. The first kappa shape index (κ1) is 13.8. The van der Waals surface area contributed by atoms with Crippen LogP contribution < -0.4 is 5.32 Å². The van der Waals surface area contributed by atoms with Crippen LogP contribution in [0.1, 0.15) is 39.2 Å². The molecular weight excluding hydrogens is 206 g/mol. The summed E-state index contributed by atoms with van der Waals surface area (Å²) in [7, 11) is 2.04. The summed E-state index contributed by atoms with van der Waals surface area (Å²) in [6.07, 6.45) is 2.04. The Morgan fingerprint density at radius 3 is 2.41 bits per heavy atom. The SMILES string of the molecule is CC#CCCC(NC)C(C)(C)c1ccccc1. The van der Waals surface area contributed by atoms with E-state index in [2.05, 4.69) is 61.3 Å². The predicted octanol–water partition coefficient (Wildman–Crippen LogP) is 3.36. The molecule has 0 aliphatic carbocycles. The fourth-order valence-electron chi connectivity index (χ4n) is 2.28. The van der Waals surface area contributed by atoms with Gasteiger partial charge >= 0.3 is 0 Å². The molecule has 0 aliphatic rings. The average Bonchev–Trinajstić information content (AvgIpc) is 2.35. The van der Waals surface area contributed by atoms with Gasteiger partial charge in [-0.15, -0.1) is 11.8 Å². The highest BCUT2D eigenvalue weighted by molar-refractivity contribution is 5.25. The second kappa shape index (κ2) is 6.47. The first-order chi connectivity index (χ1) is 8.12. The van der Waals surface area contributed by atoms with Gasteiger partial charge in [0, 0.05) is 17.9 Å². The average molecular weight is 229 g/mol. The lowest BCUT2D eigenvalue weighted by Gasteiger charge is -2.34. The van der Waals surface area contributed by atoms with Gasteiger partial charge in [0.1, 0.15) is 0 Å². The fourth-order valence-corrected chi connectivity index (χ4v) is 2.28. The Balaban J connectivity index is 2.81. The van der Waals surface area contributed by atoms with Crippen LogP contribution in [0, 0.1) is 11.8 Å². The van der Waals surface area contributed by atoms with Crippen LogP contribution in [-0.2, 0) is 5.41 Å². The van der Waals surface area contributed by atoms with E-state index in [4.69, 9.17) is 0 Å². The zero-order valence-corrected chi connectivity index (χ0v) is 11.4. The lowest BCUT2D eigenvalue weighted by molar-refractivity contribution is 0.343. The first-order valence-electron chi connectivity index (χ1n) is 6.25. The summed E-state index contributed by atoms with van der Waals surface area (Å²) in [5.41, 5.74) is 1.51. The molecule has 1 N–H and O–H groups in total. The van der Waals surface area contributed by atoms with E-state index >= 15 is 0 Å². The van der Waals surface area contributed by atoms with E-state index in [0.29, 0.717) is 6.04 Å². The van der Waals surface area contributed by atoms with Crippen LogP contribution in [0.5, 0.6) is 0 Å². The Morgan fingerprint density at radius 1 is 1.24 bits per heavy atom. The Kier molecular flexibility index (Phi) is 5.25. The van der Waals surface area contributed by atoms with Gasteiger partial charge < -0.3 is 5.32 Å². The molecule has 1 atom stereocenters. The van der Waals surface area contributed by atoms with E-state index in [1.807, 2.05) is 14.0 Å². The number of likely N-dealkylation sites (N-methyl/N-ethyl adjacent to an activating group) is 1. The van der Waals surface area contributed by atoms with Crippen molar-refractivity contribution in [1.29, 1.82) is 0 Å². The van der Waals surface area contributed by atoms with Gasteiger partial charge in [-0.3, -0.25) is 0 Å². The molecule has 92 valence electrons. The summed E-state index contributed by atoms with van der Waals surface area (Å²) in [4.78, 5) is 0. The van der Waals surface area contributed by atoms with E-state index in [-0.39, 0.29) is 5.41 Å². The smallest absolute Gasteiger partial charge is 0.0165 e. The van der Waals surface area contributed by atoms with E-state index in [9.17, 15) is 0 Å². The monoisotopic (exact) mass is 229 g/mol. The summed E-state index contributed by atoms with van der Waals surface area (Å²) in [5.74, 6) is 6.11. The molecule has 0 radical (unpaired) electrons. The number of nitrogens with one attached hydrogen (secondary N) is 1. The maximum atomic E-state index is 3.43. The second-order valence-corrected chi connectivity index (χ2v) is 4.89. The van der Waals surface area contributed by atoms with Crippen LogP contribution in [0.4, 0.5) is 0 Å². The van der Waals surface area contributed by atoms with Gasteiger partial charge in [-0.1, -0.05) is 44.2 Å². The van der Waals surface area contributed by atoms with Crippen LogP contribution in [0.2, 0.25) is 0 Å². The molecule has 0 fully saturated rings. The fraction of sp³-hybridized carbons (Fsp3) is 0.500. The number of hydrogen-bond donors (Lipinski definition) is 1. The zero-order valence-electron chi connectivity index (χ0n) is 11.4. The van der Waals surface area contributed by atoms with Crippen molar-refractivity contribution in [1.82, 2.24) is 5.32 Å². The molecule has 0 amide bonds. The normalized spacial score (nSPS) is 12.7. The highest BCUT2D eigenvalue weighted by Crippen LogP contribution is 2.29. The van der Waals surface area contributed by atoms with Crippen molar-refractivity contribution in [2.75, 3.05) is 7.05 Å². The molecule has 1 rings (SSSR count). The number of benzene rings is 1. The van der Waals surface area contributed by atoms with Gasteiger partial charge in [0.25, 0.3) is 0 Å². The second-order valence-electron chi connectivity index (χ2n) is 4.89. The Labute approximate surface area is 106 Å². The molecule has 17 heavy (non-hydrogen) atoms. The summed E-state index contributed by atoms with van der Waals surface area (Å²) < 4.78 is 0. The van der Waals surface area contributed by atoms with Crippen molar-refractivity contribution in [2.45, 2.75) is 45.1 Å². The van der Waals surface area contributed by atoms with Gasteiger partial charge in [0.05, 0.1) is 0 Å². The summed E-state index contributed by atoms with van der Waals surface area (Å²) in [6.45, 7) is 6.49. The molecule has 0 aromatic heterocycles. The molecule has 0 heterocycles. The van der Waals surface area contributed by atoms with Gasteiger partial charge in [-0.25, -0.2) is 0 Å². The minimum absolute atomic E-state index is 0.130. The quantitative estimate of drug-likeness (QED) is 0.763. The van der Waals surface area contributed by atoms with Crippen molar-refractivity contribution in [3.05, 3.63) is 35.9 Å². The minimum Gasteiger partial charge on any atom is -0.316 e. The lowest BCUT2D eigenvalue weighted by Crippen LogP contribution is -2.43. The minimum atomic E-state index is 0.130. The summed E-state index contributed by atoms with van der Waals surface area (Å²) in [6, 6.07) is 11.1. The molecule has 0 saturated heterocycles. The molecule has 0 spiro atoms. The van der Waals surface area contributed by atoms with Crippen molar-refractivity contribution >= 4 is 0 Å². The molecule has 1 nitrogen and oxygen atoms in total. The standard InChI is InChI=1S/C16H23N/c1-5-6-8-13-15(17-4)16(2,3)14-11-9-7-10-12-14/h7,9-12,15,17H,8,13H2,1-4H3. The molecule has 0 saturated carbocycles. The van der Waals surface area contributed by atoms with Crippen LogP contribution >= 0.6 is 0 Å². The molecule has 0 aliphatic heterocycles. The molecular formula is C16H23N. The highest BCUT2D eigenvalue weighted by atomic mass is 14.9. The third-order valence-corrected chi connectivity index (χ3v) is 3.47. The molecule has 1 aromatic rings. The molecule has 0 bridgehead atoms. The van der Waals surface area contributed by atoms with Gasteiger partial charge in [0.2, 0.25) is 0 Å². The van der Waals surface area contributed by atoms with E-state index in [1.54, 1.807) is 0 Å². The topological polar surface area (TPSA) is 12.0 Å². The van der Waals surface area contributed by atoms with Crippen molar-refractivity contribution < 1.29 is 0 Å². The van der Waals surface area contributed by atoms with Crippen molar-refractivity contribution in [3.63, 3.8) is 0 Å². The first-order valence-corrected chi connectivity index (χ1v) is 6.25. The third kappa shape index (κ3) is 3.61. The van der Waals surface area contributed by atoms with Crippen LogP contribution in [0.3, 0.4) is 0 Å². The Hall–Kier alpha value is -1.26.